The van der Waals surface area contributed by atoms with E-state index < -0.39 is 0 Å². The van der Waals surface area contributed by atoms with Gasteiger partial charge in [0.2, 0.25) is 0 Å². The molecule has 112 valence electrons. The average molecular weight is 296 g/mol. The van der Waals surface area contributed by atoms with E-state index >= 15 is 0 Å². The number of nitrogens with zero attached hydrogens (tertiary/aromatic N) is 1. The van der Waals surface area contributed by atoms with Crippen LogP contribution in [0.3, 0.4) is 0 Å². The molecule has 0 aliphatic carbocycles. The molecule has 0 spiro atoms. The van der Waals surface area contributed by atoms with Gasteiger partial charge in [0.1, 0.15) is 5.82 Å². The van der Waals surface area contributed by atoms with Crippen LogP contribution in [0.2, 0.25) is 0 Å². The van der Waals surface area contributed by atoms with Crippen LogP contribution in [0.5, 0.6) is 0 Å². The molecule has 1 N–H and O–H groups in total. The number of rotatable bonds is 6. The number of hydrogen-bond donors (Lipinski definition) is 1. The molecule has 4 heteroatoms. The van der Waals surface area contributed by atoms with Crippen molar-refractivity contribution < 1.29 is 4.39 Å². The summed E-state index contributed by atoms with van der Waals surface area (Å²) in [5.41, 5.74) is 2.01. The highest BCUT2D eigenvalue weighted by atomic mass is 32.2. The molecule has 0 radical (unpaired) electrons. The molecule has 1 unspecified atom stereocenters. The number of nitrogens with one attached hydrogen (secondary N) is 1. The van der Waals surface area contributed by atoms with Crippen molar-refractivity contribution in [2.75, 3.05) is 24.6 Å². The van der Waals surface area contributed by atoms with Gasteiger partial charge in [-0.2, -0.15) is 11.8 Å². The second kappa shape index (κ2) is 8.01. The van der Waals surface area contributed by atoms with Gasteiger partial charge in [-0.1, -0.05) is 19.1 Å². The van der Waals surface area contributed by atoms with Crippen molar-refractivity contribution in [2.45, 2.75) is 39.4 Å². The van der Waals surface area contributed by atoms with Gasteiger partial charge < -0.3 is 5.32 Å². The molecule has 0 saturated carbocycles. The Balaban J connectivity index is 2.00. The minimum Gasteiger partial charge on any atom is -0.313 e. The molecular formula is C16H25FN2S. The summed E-state index contributed by atoms with van der Waals surface area (Å²) in [6, 6.07) is 6.06. The van der Waals surface area contributed by atoms with E-state index in [9.17, 15) is 4.39 Å². The summed E-state index contributed by atoms with van der Waals surface area (Å²) < 4.78 is 14.0. The zero-order valence-electron chi connectivity index (χ0n) is 12.5. The quantitative estimate of drug-likeness (QED) is 0.811. The van der Waals surface area contributed by atoms with E-state index in [0.717, 1.165) is 49.7 Å². The highest BCUT2D eigenvalue weighted by Crippen LogP contribution is 2.20. The highest BCUT2D eigenvalue weighted by molar-refractivity contribution is 7.99. The van der Waals surface area contributed by atoms with Crippen LogP contribution in [0.25, 0.3) is 0 Å². The Kier molecular flexibility index (Phi) is 6.33. The van der Waals surface area contributed by atoms with Crippen molar-refractivity contribution in [3.8, 4) is 0 Å². The first kappa shape index (κ1) is 15.8. The van der Waals surface area contributed by atoms with E-state index in [0.29, 0.717) is 6.04 Å². The summed E-state index contributed by atoms with van der Waals surface area (Å²) in [6.45, 7) is 8.01. The summed E-state index contributed by atoms with van der Waals surface area (Å²) in [7, 11) is 0. The third-order valence-corrected chi connectivity index (χ3v) is 4.93. The van der Waals surface area contributed by atoms with Gasteiger partial charge in [0.15, 0.2) is 0 Å². The van der Waals surface area contributed by atoms with Gasteiger partial charge in [-0.15, -0.1) is 0 Å². The topological polar surface area (TPSA) is 15.3 Å². The van der Waals surface area contributed by atoms with Crippen LogP contribution < -0.4 is 5.32 Å². The second-order valence-corrected chi connectivity index (χ2v) is 6.65. The molecule has 1 atom stereocenters. The summed E-state index contributed by atoms with van der Waals surface area (Å²) in [6.07, 6.45) is 1.12. The van der Waals surface area contributed by atoms with Crippen LogP contribution in [0.4, 0.5) is 4.39 Å². The van der Waals surface area contributed by atoms with Crippen LogP contribution in [-0.2, 0) is 13.1 Å². The first-order valence-electron chi connectivity index (χ1n) is 7.50. The monoisotopic (exact) mass is 296 g/mol. The molecule has 1 aromatic rings. The molecule has 1 aliphatic heterocycles. The minimum absolute atomic E-state index is 0.0744. The van der Waals surface area contributed by atoms with Crippen molar-refractivity contribution in [1.29, 1.82) is 0 Å². The fraction of sp³-hybridized carbons (Fsp3) is 0.625. The minimum atomic E-state index is -0.0744. The first-order chi connectivity index (χ1) is 9.70. The largest absolute Gasteiger partial charge is 0.313 e. The normalized spacial score (nSPS) is 20.2. The Morgan fingerprint density at radius 1 is 1.45 bits per heavy atom. The van der Waals surface area contributed by atoms with Gasteiger partial charge in [0, 0.05) is 42.7 Å². The van der Waals surface area contributed by atoms with Crippen LogP contribution in [0.1, 0.15) is 31.4 Å². The zero-order valence-corrected chi connectivity index (χ0v) is 13.3. The molecule has 1 fully saturated rings. The van der Waals surface area contributed by atoms with E-state index in [1.165, 1.54) is 5.56 Å². The first-order valence-corrected chi connectivity index (χ1v) is 8.66. The third kappa shape index (κ3) is 4.47. The molecule has 1 aromatic carbocycles. The van der Waals surface area contributed by atoms with E-state index in [1.54, 1.807) is 6.07 Å². The lowest BCUT2D eigenvalue weighted by atomic mass is 10.1. The van der Waals surface area contributed by atoms with Crippen molar-refractivity contribution >= 4 is 11.8 Å². The van der Waals surface area contributed by atoms with Crippen molar-refractivity contribution in [1.82, 2.24) is 10.2 Å². The van der Waals surface area contributed by atoms with Crippen molar-refractivity contribution in [3.05, 3.63) is 35.1 Å². The summed E-state index contributed by atoms with van der Waals surface area (Å²) >= 11 is 1.99. The average Bonchev–Trinajstić information content (AvgIpc) is 2.45. The molecule has 1 aliphatic rings. The molecule has 2 nitrogen and oxygen atoms in total. The fourth-order valence-corrected chi connectivity index (χ4v) is 3.57. The van der Waals surface area contributed by atoms with Crippen LogP contribution in [0, 0.1) is 5.82 Å². The Labute approximate surface area is 126 Å². The van der Waals surface area contributed by atoms with Gasteiger partial charge in [-0.25, -0.2) is 4.39 Å². The Morgan fingerprint density at radius 2 is 2.30 bits per heavy atom. The second-order valence-electron chi connectivity index (χ2n) is 5.50. The molecule has 1 heterocycles. The summed E-state index contributed by atoms with van der Waals surface area (Å²) in [4.78, 5) is 2.39. The fourth-order valence-electron chi connectivity index (χ4n) is 2.48. The van der Waals surface area contributed by atoms with Gasteiger partial charge in [0.05, 0.1) is 0 Å². The lowest BCUT2D eigenvalue weighted by Crippen LogP contribution is -2.39. The van der Waals surface area contributed by atoms with Gasteiger partial charge in [0.25, 0.3) is 0 Å². The zero-order chi connectivity index (χ0) is 14.4. The van der Waals surface area contributed by atoms with E-state index in [1.807, 2.05) is 23.9 Å². The smallest absolute Gasteiger partial charge is 0.127 e. The number of benzene rings is 1. The molecule has 0 bridgehead atoms. The maximum atomic E-state index is 14.0. The summed E-state index contributed by atoms with van der Waals surface area (Å²) in [5, 5.41) is 3.37. The van der Waals surface area contributed by atoms with Gasteiger partial charge in [-0.3, -0.25) is 4.90 Å². The Hall–Kier alpha value is -0.580. The lowest BCUT2D eigenvalue weighted by Gasteiger charge is -2.33. The van der Waals surface area contributed by atoms with Crippen LogP contribution in [-0.4, -0.2) is 35.5 Å². The number of hydrogen-bond acceptors (Lipinski definition) is 3. The van der Waals surface area contributed by atoms with Crippen molar-refractivity contribution in [3.63, 3.8) is 0 Å². The van der Waals surface area contributed by atoms with Crippen molar-refractivity contribution in [2.24, 2.45) is 0 Å². The SMILES string of the molecule is CCCNCc1ccc(F)c(CN2CCSCC2C)c1. The third-order valence-electron chi connectivity index (χ3n) is 3.74. The Bertz CT molecular complexity index is 425. The maximum absolute atomic E-state index is 14.0. The molecule has 0 aromatic heterocycles. The number of halogens is 1. The molecule has 1 saturated heterocycles. The molecule has 20 heavy (non-hydrogen) atoms. The predicted molar refractivity (Wildman–Crippen MR) is 85.6 cm³/mol. The maximum Gasteiger partial charge on any atom is 0.127 e. The molecule has 0 amide bonds. The predicted octanol–water partition coefficient (Wildman–Crippen LogP) is 3.26. The van der Waals surface area contributed by atoms with Gasteiger partial charge >= 0.3 is 0 Å². The van der Waals surface area contributed by atoms with Crippen LogP contribution in [0.15, 0.2) is 18.2 Å². The molecular weight excluding hydrogens is 271 g/mol. The lowest BCUT2D eigenvalue weighted by molar-refractivity contribution is 0.221. The number of thioether (sulfide) groups is 1. The Morgan fingerprint density at radius 3 is 3.05 bits per heavy atom. The van der Waals surface area contributed by atoms with Crippen LogP contribution >= 0.6 is 11.8 Å². The van der Waals surface area contributed by atoms with Gasteiger partial charge in [-0.05, 0) is 31.5 Å². The molecule has 2 rings (SSSR count). The van der Waals surface area contributed by atoms with E-state index in [-0.39, 0.29) is 5.82 Å². The standard InChI is InChI=1S/C16H25FN2S/c1-3-6-18-10-14-4-5-16(17)15(9-14)11-19-7-8-20-12-13(19)2/h4-5,9,13,18H,3,6-8,10-12H2,1-2H3. The van der Waals surface area contributed by atoms with E-state index in [4.69, 9.17) is 0 Å². The highest BCUT2D eigenvalue weighted by Gasteiger charge is 2.19. The summed E-state index contributed by atoms with van der Waals surface area (Å²) in [5.74, 6) is 2.23. The van der Waals surface area contributed by atoms with E-state index in [2.05, 4.69) is 24.1 Å².